The van der Waals surface area contributed by atoms with E-state index in [0.29, 0.717) is 17.1 Å². The predicted octanol–water partition coefficient (Wildman–Crippen LogP) is 2.81. The number of rotatable bonds is 4. The molecular weight excluding hydrogens is 306 g/mol. The van der Waals surface area contributed by atoms with Crippen LogP contribution in [0, 0.1) is 0 Å². The molecule has 0 saturated heterocycles. The molecule has 5 nitrogen and oxygen atoms in total. The first-order valence-corrected chi connectivity index (χ1v) is 6.93. The number of benzene rings is 1. The Kier molecular flexibility index (Phi) is 3.73. The molecule has 6 heteroatoms. The van der Waals surface area contributed by atoms with Crippen molar-refractivity contribution in [2.45, 2.75) is 6.54 Å². The first-order chi connectivity index (χ1) is 10.6. The maximum atomic E-state index is 12.6. The number of carbonyl (C=O) groups excluding carboxylic acids is 2. The first kappa shape index (κ1) is 14.4. The summed E-state index contributed by atoms with van der Waals surface area (Å²) >= 11 is 6.10. The van der Waals surface area contributed by atoms with Crippen LogP contribution >= 0.6 is 11.6 Å². The SMILES string of the molecule is COc1ccccc1C1=C(Cl)C(=O)N(Cc2ccco2)C1=O. The number of furan rings is 1. The van der Waals surface area contributed by atoms with Gasteiger partial charge >= 0.3 is 0 Å². The van der Waals surface area contributed by atoms with Gasteiger partial charge in [-0.15, -0.1) is 0 Å². The van der Waals surface area contributed by atoms with Crippen LogP contribution in [-0.4, -0.2) is 23.8 Å². The number of para-hydroxylation sites is 1. The third-order valence-electron chi connectivity index (χ3n) is 3.38. The number of carbonyl (C=O) groups is 2. The Morgan fingerprint density at radius 1 is 1.14 bits per heavy atom. The number of amides is 2. The molecule has 0 atom stereocenters. The summed E-state index contributed by atoms with van der Waals surface area (Å²) in [5, 5.41) is -0.110. The van der Waals surface area contributed by atoms with Crippen LogP contribution in [0.15, 0.2) is 52.1 Å². The summed E-state index contributed by atoms with van der Waals surface area (Å²) in [6.45, 7) is 0.0412. The summed E-state index contributed by atoms with van der Waals surface area (Å²) < 4.78 is 10.4. The van der Waals surface area contributed by atoms with E-state index in [2.05, 4.69) is 0 Å². The number of hydrogen-bond acceptors (Lipinski definition) is 4. The minimum absolute atomic E-state index is 0.0412. The highest BCUT2D eigenvalue weighted by molar-refractivity contribution is 6.55. The fourth-order valence-electron chi connectivity index (χ4n) is 2.33. The molecule has 3 rings (SSSR count). The Balaban J connectivity index is 1.98. The van der Waals surface area contributed by atoms with E-state index in [4.69, 9.17) is 20.8 Å². The summed E-state index contributed by atoms with van der Waals surface area (Å²) in [5.41, 5.74) is 0.644. The largest absolute Gasteiger partial charge is 0.496 e. The molecule has 2 aromatic rings. The quantitative estimate of drug-likeness (QED) is 0.814. The number of imide groups is 1. The van der Waals surface area contributed by atoms with Gasteiger partial charge in [-0.05, 0) is 18.2 Å². The molecule has 0 spiro atoms. The summed E-state index contributed by atoms with van der Waals surface area (Å²) in [6.07, 6.45) is 1.48. The molecular formula is C16H12ClNO4. The van der Waals surface area contributed by atoms with Gasteiger partial charge in [-0.3, -0.25) is 14.5 Å². The molecule has 0 aliphatic carbocycles. The van der Waals surface area contributed by atoms with Gasteiger partial charge in [0.25, 0.3) is 11.8 Å². The number of nitrogens with zero attached hydrogens (tertiary/aromatic N) is 1. The van der Waals surface area contributed by atoms with Crippen LogP contribution in [0.5, 0.6) is 5.75 Å². The summed E-state index contributed by atoms with van der Waals surface area (Å²) in [5.74, 6) is -0.0102. The molecule has 1 aliphatic rings. The van der Waals surface area contributed by atoms with Crippen molar-refractivity contribution in [3.8, 4) is 5.75 Å². The van der Waals surface area contributed by atoms with Crippen molar-refractivity contribution in [2.24, 2.45) is 0 Å². The Bertz CT molecular complexity index is 764. The summed E-state index contributed by atoms with van der Waals surface area (Å²) in [6, 6.07) is 10.3. The highest BCUT2D eigenvalue weighted by Gasteiger charge is 2.39. The van der Waals surface area contributed by atoms with Crippen molar-refractivity contribution in [1.82, 2.24) is 4.90 Å². The van der Waals surface area contributed by atoms with E-state index in [1.54, 1.807) is 36.4 Å². The molecule has 112 valence electrons. The maximum Gasteiger partial charge on any atom is 0.273 e. The van der Waals surface area contributed by atoms with Gasteiger partial charge in [-0.1, -0.05) is 29.8 Å². The van der Waals surface area contributed by atoms with Crippen LogP contribution in [0.25, 0.3) is 5.57 Å². The number of methoxy groups -OCH3 is 1. The standard InChI is InChI=1S/C16H12ClNO4/c1-21-12-7-3-2-6-11(12)13-14(17)16(20)18(15(13)19)9-10-5-4-8-22-10/h2-8H,9H2,1H3. The van der Waals surface area contributed by atoms with Crippen LogP contribution < -0.4 is 4.74 Å². The lowest BCUT2D eigenvalue weighted by Gasteiger charge is -2.13. The molecule has 2 amide bonds. The van der Waals surface area contributed by atoms with Crippen LogP contribution in [0.2, 0.25) is 0 Å². The van der Waals surface area contributed by atoms with E-state index >= 15 is 0 Å². The van der Waals surface area contributed by atoms with E-state index in [1.165, 1.54) is 13.4 Å². The van der Waals surface area contributed by atoms with Gasteiger partial charge < -0.3 is 9.15 Å². The minimum Gasteiger partial charge on any atom is -0.496 e. The molecule has 1 aliphatic heterocycles. The van der Waals surface area contributed by atoms with Crippen LogP contribution in [0.1, 0.15) is 11.3 Å². The number of hydrogen-bond donors (Lipinski definition) is 0. The highest BCUT2D eigenvalue weighted by Crippen LogP contribution is 2.36. The average Bonchev–Trinajstić information content (AvgIpc) is 3.11. The molecule has 0 fully saturated rings. The summed E-state index contributed by atoms with van der Waals surface area (Å²) in [7, 11) is 1.50. The fourth-order valence-corrected chi connectivity index (χ4v) is 2.62. The second-order valence-corrected chi connectivity index (χ2v) is 5.04. The molecule has 0 unspecified atom stereocenters. The van der Waals surface area contributed by atoms with Crippen LogP contribution in [0.4, 0.5) is 0 Å². The number of ether oxygens (including phenoxy) is 1. The molecule has 1 aromatic carbocycles. The maximum absolute atomic E-state index is 12.6. The van der Waals surface area contributed by atoms with E-state index in [1.807, 2.05) is 0 Å². The third-order valence-corrected chi connectivity index (χ3v) is 3.73. The normalized spacial score (nSPS) is 14.9. The van der Waals surface area contributed by atoms with E-state index in [0.717, 1.165) is 4.90 Å². The minimum atomic E-state index is -0.538. The van der Waals surface area contributed by atoms with E-state index in [-0.39, 0.29) is 17.2 Å². The number of halogens is 1. The molecule has 0 saturated carbocycles. The Labute approximate surface area is 131 Å². The summed E-state index contributed by atoms with van der Waals surface area (Å²) in [4.78, 5) is 25.9. The van der Waals surface area contributed by atoms with Crippen molar-refractivity contribution in [3.05, 3.63) is 59.0 Å². The van der Waals surface area contributed by atoms with Crippen molar-refractivity contribution in [1.29, 1.82) is 0 Å². The van der Waals surface area contributed by atoms with Crippen molar-refractivity contribution in [2.75, 3.05) is 7.11 Å². The fraction of sp³-hybridized carbons (Fsp3) is 0.125. The predicted molar refractivity (Wildman–Crippen MR) is 80.0 cm³/mol. The Morgan fingerprint density at radius 3 is 2.59 bits per heavy atom. The van der Waals surface area contributed by atoms with E-state index in [9.17, 15) is 9.59 Å². The smallest absolute Gasteiger partial charge is 0.273 e. The van der Waals surface area contributed by atoms with Gasteiger partial charge in [0.1, 0.15) is 16.5 Å². The van der Waals surface area contributed by atoms with Gasteiger partial charge in [0.15, 0.2) is 0 Å². The lowest BCUT2D eigenvalue weighted by atomic mass is 10.1. The van der Waals surface area contributed by atoms with Crippen LogP contribution in [0.3, 0.4) is 0 Å². The highest BCUT2D eigenvalue weighted by atomic mass is 35.5. The zero-order valence-electron chi connectivity index (χ0n) is 11.7. The van der Waals surface area contributed by atoms with Gasteiger partial charge in [-0.2, -0.15) is 0 Å². The van der Waals surface area contributed by atoms with Crippen molar-refractivity contribution < 1.29 is 18.7 Å². The first-order valence-electron chi connectivity index (χ1n) is 6.55. The third kappa shape index (κ3) is 2.29. The molecule has 0 bridgehead atoms. The van der Waals surface area contributed by atoms with Crippen LogP contribution in [-0.2, 0) is 16.1 Å². The van der Waals surface area contributed by atoms with Gasteiger partial charge in [0.05, 0.1) is 25.5 Å². The second kappa shape index (κ2) is 5.69. The van der Waals surface area contributed by atoms with Gasteiger partial charge in [-0.25, -0.2) is 0 Å². The average molecular weight is 318 g/mol. The molecule has 22 heavy (non-hydrogen) atoms. The van der Waals surface area contributed by atoms with E-state index < -0.39 is 11.8 Å². The van der Waals surface area contributed by atoms with Gasteiger partial charge in [0.2, 0.25) is 0 Å². The van der Waals surface area contributed by atoms with Gasteiger partial charge in [0, 0.05) is 5.56 Å². The zero-order chi connectivity index (χ0) is 15.7. The molecule has 0 N–H and O–H groups in total. The molecule has 1 aromatic heterocycles. The Morgan fingerprint density at radius 2 is 1.91 bits per heavy atom. The van der Waals surface area contributed by atoms with Crippen molar-refractivity contribution >= 4 is 29.0 Å². The molecule has 0 radical (unpaired) electrons. The lowest BCUT2D eigenvalue weighted by Crippen LogP contribution is -2.30. The lowest BCUT2D eigenvalue weighted by molar-refractivity contribution is -0.137. The zero-order valence-corrected chi connectivity index (χ0v) is 12.5. The molecule has 2 heterocycles. The Hall–Kier alpha value is -2.53. The topological polar surface area (TPSA) is 59.8 Å². The van der Waals surface area contributed by atoms with Crippen molar-refractivity contribution in [3.63, 3.8) is 0 Å². The second-order valence-electron chi connectivity index (χ2n) is 4.67. The monoisotopic (exact) mass is 317 g/mol.